The van der Waals surface area contributed by atoms with Crippen molar-refractivity contribution in [2.24, 2.45) is 5.14 Å². The zero-order valence-corrected chi connectivity index (χ0v) is 13.7. The van der Waals surface area contributed by atoms with Crippen molar-refractivity contribution in [3.63, 3.8) is 0 Å². The lowest BCUT2D eigenvalue weighted by atomic mass is 10.2. The predicted molar refractivity (Wildman–Crippen MR) is 79.9 cm³/mol. The van der Waals surface area contributed by atoms with Gasteiger partial charge in [0.15, 0.2) is 5.01 Å². The molecule has 132 valence electrons. The first kappa shape index (κ1) is 18.7. The van der Waals surface area contributed by atoms with Crippen LogP contribution in [0.1, 0.15) is 34.6 Å². The van der Waals surface area contributed by atoms with Gasteiger partial charge in [0.25, 0.3) is 6.43 Å². The molecule has 1 atom stereocenters. The van der Waals surface area contributed by atoms with E-state index in [1.165, 1.54) is 6.92 Å². The normalized spacial score (nSPS) is 14.7. The number of alkyl halides is 5. The van der Waals surface area contributed by atoms with Crippen LogP contribution in [0.4, 0.5) is 22.0 Å². The fraction of sp³-hybridized carbons (Fsp3) is 0.333. The van der Waals surface area contributed by atoms with Crippen molar-refractivity contribution in [3.8, 4) is 0 Å². The van der Waals surface area contributed by atoms with E-state index < -0.39 is 33.0 Å². The fourth-order valence-electron chi connectivity index (χ4n) is 1.67. The van der Waals surface area contributed by atoms with Gasteiger partial charge >= 0.3 is 6.18 Å². The third-order valence-corrected chi connectivity index (χ3v) is 6.07. The van der Waals surface area contributed by atoms with Crippen LogP contribution in [-0.4, -0.2) is 24.3 Å². The van der Waals surface area contributed by atoms with Crippen LogP contribution in [-0.2, 0) is 21.6 Å². The molecule has 1 unspecified atom stereocenters. The minimum absolute atomic E-state index is 0.0528. The fourth-order valence-corrected chi connectivity index (χ4v) is 4.09. The molecule has 0 saturated carbocycles. The molecule has 0 bridgehead atoms. The van der Waals surface area contributed by atoms with Crippen molar-refractivity contribution in [2.75, 3.05) is 0 Å². The number of nitrogens with two attached hydrogens (primary N) is 1. The van der Waals surface area contributed by atoms with Crippen LogP contribution in [0.2, 0.25) is 0 Å². The lowest BCUT2D eigenvalue weighted by Gasteiger charge is -2.10. The highest BCUT2D eigenvalue weighted by atomic mass is 32.2. The first-order chi connectivity index (χ1) is 11.0. The van der Waals surface area contributed by atoms with E-state index in [1.54, 1.807) is 0 Å². The van der Waals surface area contributed by atoms with Gasteiger partial charge in [-0.1, -0.05) is 17.4 Å². The van der Waals surface area contributed by atoms with Crippen molar-refractivity contribution < 1.29 is 26.2 Å². The van der Waals surface area contributed by atoms with Crippen LogP contribution in [0.5, 0.6) is 0 Å². The zero-order chi connectivity index (χ0) is 18.1. The van der Waals surface area contributed by atoms with Gasteiger partial charge in [-0.2, -0.15) is 13.2 Å². The molecule has 2 aromatic heterocycles. The Morgan fingerprint density at radius 2 is 2.00 bits per heavy atom. The minimum atomic E-state index is -4.59. The van der Waals surface area contributed by atoms with E-state index in [0.29, 0.717) is 11.3 Å². The predicted octanol–water partition coefficient (Wildman–Crippen LogP) is 2.79. The molecule has 12 heteroatoms. The molecule has 24 heavy (non-hydrogen) atoms. The number of pyridine rings is 1. The van der Waals surface area contributed by atoms with Crippen LogP contribution in [0.3, 0.4) is 0 Å². The van der Waals surface area contributed by atoms with Gasteiger partial charge in [-0.15, -0.1) is 10.2 Å². The Bertz CT molecular complexity index is 838. The minimum Gasteiger partial charge on any atom is -0.258 e. The SMILES string of the molecule is CC(c1ccc(C(F)(F)F)nc1)=S(N)(=O)Cc1nnc(C(F)F)s1. The largest absolute Gasteiger partial charge is 0.433 e. The van der Waals surface area contributed by atoms with Gasteiger partial charge in [-0.3, -0.25) is 14.3 Å². The summed E-state index contributed by atoms with van der Waals surface area (Å²) in [5.41, 5.74) is -0.928. The van der Waals surface area contributed by atoms with E-state index in [1.807, 2.05) is 0 Å². The summed E-state index contributed by atoms with van der Waals surface area (Å²) in [6.45, 7) is 1.38. The Kier molecular flexibility index (Phi) is 5.20. The van der Waals surface area contributed by atoms with E-state index >= 15 is 0 Å². The number of hydrogen-bond donors (Lipinski definition) is 1. The molecule has 2 N–H and O–H groups in total. The summed E-state index contributed by atoms with van der Waals surface area (Å²) in [6.07, 6.45) is -6.47. The van der Waals surface area contributed by atoms with Crippen molar-refractivity contribution in [1.29, 1.82) is 0 Å². The smallest absolute Gasteiger partial charge is 0.258 e. The van der Waals surface area contributed by atoms with Gasteiger partial charge in [0.05, 0.1) is 5.75 Å². The van der Waals surface area contributed by atoms with Gasteiger partial charge in [-0.25, -0.2) is 8.78 Å². The maximum Gasteiger partial charge on any atom is 0.433 e. The Morgan fingerprint density at radius 1 is 1.33 bits per heavy atom. The third-order valence-electron chi connectivity index (χ3n) is 2.99. The second kappa shape index (κ2) is 6.69. The number of nitrogens with zero attached hydrogens (tertiary/aromatic N) is 3. The van der Waals surface area contributed by atoms with Gasteiger partial charge in [0, 0.05) is 26.3 Å². The molecular weight excluding hydrogens is 375 g/mol. The highest BCUT2D eigenvalue weighted by Gasteiger charge is 2.32. The monoisotopic (exact) mass is 386 g/mol. The van der Waals surface area contributed by atoms with Crippen LogP contribution in [0, 0.1) is 0 Å². The number of rotatable bonds is 4. The topological polar surface area (TPSA) is 81.8 Å². The first-order valence-electron chi connectivity index (χ1n) is 6.28. The maximum atomic E-state index is 12.6. The van der Waals surface area contributed by atoms with Crippen molar-refractivity contribution in [3.05, 3.63) is 39.6 Å². The summed E-state index contributed by atoms with van der Waals surface area (Å²) in [4.78, 5) is 3.36. The standard InChI is InChI=1S/C12H11F5N4OS2/c1-6(7-2-3-8(19-4-7)12(15,16)17)24(18,22)5-9-20-21-11(23-9)10(13)14/h2-4,10H,5H2,1H3,(H2,18,22). The molecule has 2 aromatic rings. The van der Waals surface area contributed by atoms with Crippen molar-refractivity contribution >= 4 is 25.9 Å². The molecule has 0 saturated heterocycles. The summed E-state index contributed by atoms with van der Waals surface area (Å²) in [7, 11) is -3.22. The van der Waals surface area contributed by atoms with E-state index in [9.17, 15) is 26.2 Å². The highest BCUT2D eigenvalue weighted by Crippen LogP contribution is 2.27. The van der Waals surface area contributed by atoms with E-state index in [0.717, 1.165) is 18.3 Å². The molecule has 0 aliphatic rings. The summed E-state index contributed by atoms with van der Waals surface area (Å²) in [5, 5.41) is 12.0. The lowest BCUT2D eigenvalue weighted by Crippen LogP contribution is -2.24. The molecule has 0 spiro atoms. The maximum absolute atomic E-state index is 12.6. The van der Waals surface area contributed by atoms with Crippen molar-refractivity contribution in [2.45, 2.75) is 25.3 Å². The summed E-state index contributed by atoms with van der Waals surface area (Å²) >= 11 is 0.577. The molecule has 5 nitrogen and oxygen atoms in total. The molecule has 0 aliphatic carbocycles. The van der Waals surface area contributed by atoms with Crippen molar-refractivity contribution in [1.82, 2.24) is 15.2 Å². The molecule has 0 radical (unpaired) electrons. The average Bonchev–Trinajstić information content (AvgIpc) is 2.93. The molecule has 0 fully saturated rings. The van der Waals surface area contributed by atoms with E-state index in [-0.39, 0.29) is 21.2 Å². The van der Waals surface area contributed by atoms with Crippen LogP contribution in [0.15, 0.2) is 18.3 Å². The summed E-state index contributed by atoms with van der Waals surface area (Å²) < 4.78 is 75.0. The molecule has 2 rings (SSSR count). The Balaban J connectivity index is 2.32. The number of halogens is 5. The third kappa shape index (κ3) is 4.24. The second-order valence-corrected chi connectivity index (χ2v) is 8.14. The molecule has 0 aliphatic heterocycles. The van der Waals surface area contributed by atoms with Crippen LogP contribution >= 0.6 is 11.3 Å². The van der Waals surface area contributed by atoms with Gasteiger partial charge < -0.3 is 0 Å². The molecule has 0 amide bonds. The Morgan fingerprint density at radius 3 is 2.46 bits per heavy atom. The highest BCUT2D eigenvalue weighted by molar-refractivity contribution is 8.00. The number of aromatic nitrogens is 3. The Labute approximate surface area is 137 Å². The van der Waals surface area contributed by atoms with E-state index in [2.05, 4.69) is 15.2 Å². The van der Waals surface area contributed by atoms with Crippen LogP contribution < -0.4 is 5.14 Å². The number of hydrogen-bond acceptors (Lipinski definition) is 5. The molecular formula is C12H11F5N4OS2. The quantitative estimate of drug-likeness (QED) is 0.498. The molecule has 0 aromatic carbocycles. The summed E-state index contributed by atoms with van der Waals surface area (Å²) in [6, 6.07) is 1.84. The molecule has 2 heterocycles. The van der Waals surface area contributed by atoms with Gasteiger partial charge in [0.2, 0.25) is 0 Å². The zero-order valence-electron chi connectivity index (χ0n) is 12.1. The average molecular weight is 386 g/mol. The lowest BCUT2D eigenvalue weighted by molar-refractivity contribution is -0.141. The van der Waals surface area contributed by atoms with Gasteiger partial charge in [-0.05, 0) is 13.0 Å². The van der Waals surface area contributed by atoms with Gasteiger partial charge in [0.1, 0.15) is 10.7 Å². The Hall–Kier alpha value is -1.66. The van der Waals surface area contributed by atoms with E-state index in [4.69, 9.17) is 5.14 Å². The summed E-state index contributed by atoms with van der Waals surface area (Å²) in [5.74, 6) is -0.343. The van der Waals surface area contributed by atoms with Crippen LogP contribution in [0.25, 0.3) is 0 Å². The first-order valence-corrected chi connectivity index (χ1v) is 8.88. The second-order valence-electron chi connectivity index (χ2n) is 4.69.